The van der Waals surface area contributed by atoms with Gasteiger partial charge in [-0.3, -0.25) is 4.79 Å². The highest BCUT2D eigenvalue weighted by Crippen LogP contribution is 2.32. The minimum Gasteiger partial charge on any atom is -0.338 e. The van der Waals surface area contributed by atoms with Crippen molar-refractivity contribution < 1.29 is 4.79 Å². The zero-order valence-corrected chi connectivity index (χ0v) is 12.5. The van der Waals surface area contributed by atoms with Crippen molar-refractivity contribution in [3.8, 4) is 0 Å². The first-order valence-corrected chi connectivity index (χ1v) is 7.39. The molecule has 0 saturated carbocycles. The molecular formula is C18H20N2O. The Bertz CT molecular complexity index is 815. The summed E-state index contributed by atoms with van der Waals surface area (Å²) in [5.41, 5.74) is 8.63. The van der Waals surface area contributed by atoms with Crippen LogP contribution in [-0.4, -0.2) is 16.9 Å². The SMILES string of the molecule is CC(C)n1c2ccccc2c2cc(C(=O)CCN)ccc21. The quantitative estimate of drug-likeness (QED) is 0.737. The van der Waals surface area contributed by atoms with E-state index in [1.165, 1.54) is 16.4 Å². The van der Waals surface area contributed by atoms with Gasteiger partial charge in [0.2, 0.25) is 0 Å². The fraction of sp³-hybridized carbons (Fsp3) is 0.278. The summed E-state index contributed by atoms with van der Waals surface area (Å²) in [6.45, 7) is 4.75. The van der Waals surface area contributed by atoms with Crippen molar-refractivity contribution in [2.24, 2.45) is 5.73 Å². The smallest absolute Gasteiger partial charge is 0.164 e. The monoisotopic (exact) mass is 280 g/mol. The van der Waals surface area contributed by atoms with Crippen molar-refractivity contribution in [1.29, 1.82) is 0 Å². The largest absolute Gasteiger partial charge is 0.338 e. The number of Topliss-reactive ketones (excluding diaryl/α,β-unsaturated/α-hetero) is 1. The van der Waals surface area contributed by atoms with Crippen LogP contribution in [0.4, 0.5) is 0 Å². The number of benzene rings is 2. The second-order valence-corrected chi connectivity index (χ2v) is 5.67. The van der Waals surface area contributed by atoms with Gasteiger partial charge in [0.05, 0.1) is 0 Å². The van der Waals surface area contributed by atoms with Gasteiger partial charge in [0.15, 0.2) is 5.78 Å². The molecule has 0 aliphatic heterocycles. The summed E-state index contributed by atoms with van der Waals surface area (Å²) in [6.07, 6.45) is 0.397. The predicted octanol–water partition coefficient (Wildman–Crippen LogP) is 3.91. The third-order valence-electron chi connectivity index (χ3n) is 3.92. The van der Waals surface area contributed by atoms with E-state index in [9.17, 15) is 4.79 Å². The summed E-state index contributed by atoms with van der Waals surface area (Å²) in [5, 5.41) is 2.34. The van der Waals surface area contributed by atoms with Gasteiger partial charge in [0.1, 0.15) is 0 Å². The second-order valence-electron chi connectivity index (χ2n) is 5.67. The lowest BCUT2D eigenvalue weighted by atomic mass is 10.0. The fourth-order valence-corrected chi connectivity index (χ4v) is 3.01. The topological polar surface area (TPSA) is 48.0 Å². The van der Waals surface area contributed by atoms with Crippen LogP contribution in [0.3, 0.4) is 0 Å². The number of nitrogens with zero attached hydrogens (tertiary/aromatic N) is 1. The van der Waals surface area contributed by atoms with Crippen LogP contribution < -0.4 is 5.73 Å². The van der Waals surface area contributed by atoms with Crippen LogP contribution in [0.15, 0.2) is 42.5 Å². The van der Waals surface area contributed by atoms with Crippen molar-refractivity contribution in [3.63, 3.8) is 0 Å². The molecule has 1 heterocycles. The van der Waals surface area contributed by atoms with Crippen molar-refractivity contribution in [2.75, 3.05) is 6.54 Å². The highest BCUT2D eigenvalue weighted by atomic mass is 16.1. The fourth-order valence-electron chi connectivity index (χ4n) is 3.01. The van der Waals surface area contributed by atoms with Crippen LogP contribution >= 0.6 is 0 Å². The number of fused-ring (bicyclic) bond motifs is 3. The number of aromatic nitrogens is 1. The summed E-state index contributed by atoms with van der Waals surface area (Å²) >= 11 is 0. The summed E-state index contributed by atoms with van der Waals surface area (Å²) in [5.74, 6) is 0.112. The average Bonchev–Trinajstić information content (AvgIpc) is 2.81. The van der Waals surface area contributed by atoms with E-state index in [-0.39, 0.29) is 5.78 Å². The molecule has 0 atom stereocenters. The lowest BCUT2D eigenvalue weighted by Crippen LogP contribution is -2.08. The zero-order valence-electron chi connectivity index (χ0n) is 12.5. The van der Waals surface area contributed by atoms with Crippen molar-refractivity contribution in [1.82, 2.24) is 4.57 Å². The Hall–Kier alpha value is -2.13. The summed E-state index contributed by atoms with van der Waals surface area (Å²) < 4.78 is 2.32. The Morgan fingerprint density at radius 2 is 1.81 bits per heavy atom. The number of ketones is 1. The molecule has 3 heteroatoms. The minimum absolute atomic E-state index is 0.112. The standard InChI is InChI=1S/C18H20N2O/c1-12(2)20-16-6-4-3-5-14(16)15-11-13(7-8-17(15)20)18(21)9-10-19/h3-8,11-12H,9-10,19H2,1-2H3. The van der Waals surface area contributed by atoms with E-state index in [0.717, 1.165) is 10.9 Å². The Morgan fingerprint density at radius 3 is 2.52 bits per heavy atom. The number of hydrogen-bond donors (Lipinski definition) is 1. The lowest BCUT2D eigenvalue weighted by Gasteiger charge is -2.11. The van der Waals surface area contributed by atoms with Crippen LogP contribution in [0.2, 0.25) is 0 Å². The molecule has 3 nitrogen and oxygen atoms in total. The molecule has 2 N–H and O–H groups in total. The number of carbonyl (C=O) groups excluding carboxylic acids is 1. The van der Waals surface area contributed by atoms with E-state index < -0.39 is 0 Å². The molecule has 0 radical (unpaired) electrons. The van der Waals surface area contributed by atoms with Crippen LogP contribution in [-0.2, 0) is 0 Å². The molecule has 0 aliphatic carbocycles. The van der Waals surface area contributed by atoms with Gasteiger partial charge in [0.25, 0.3) is 0 Å². The molecule has 2 aromatic carbocycles. The average molecular weight is 280 g/mol. The third kappa shape index (κ3) is 2.24. The second kappa shape index (κ2) is 5.34. The first kappa shape index (κ1) is 13.8. The Morgan fingerprint density at radius 1 is 1.10 bits per heavy atom. The molecule has 0 spiro atoms. The number of para-hydroxylation sites is 1. The molecule has 21 heavy (non-hydrogen) atoms. The van der Waals surface area contributed by atoms with Gasteiger partial charge in [-0.15, -0.1) is 0 Å². The van der Waals surface area contributed by atoms with Crippen LogP contribution in [0.1, 0.15) is 36.7 Å². The molecule has 0 amide bonds. The first-order chi connectivity index (χ1) is 10.1. The molecule has 3 aromatic rings. The molecule has 0 aliphatic rings. The van der Waals surface area contributed by atoms with E-state index in [1.807, 2.05) is 18.2 Å². The maximum atomic E-state index is 12.1. The Labute approximate surface area is 124 Å². The molecule has 0 saturated heterocycles. The minimum atomic E-state index is 0.112. The van der Waals surface area contributed by atoms with Gasteiger partial charge < -0.3 is 10.3 Å². The molecule has 3 rings (SSSR count). The molecule has 1 aromatic heterocycles. The van der Waals surface area contributed by atoms with Gasteiger partial charge in [-0.2, -0.15) is 0 Å². The summed E-state index contributed by atoms with van der Waals surface area (Å²) in [7, 11) is 0. The third-order valence-corrected chi connectivity index (χ3v) is 3.92. The lowest BCUT2D eigenvalue weighted by molar-refractivity contribution is 0.0985. The maximum Gasteiger partial charge on any atom is 0.164 e. The number of rotatable bonds is 4. The maximum absolute atomic E-state index is 12.1. The highest BCUT2D eigenvalue weighted by molar-refractivity contribution is 6.11. The Balaban J connectivity index is 2.31. The molecule has 0 unspecified atom stereocenters. The molecule has 0 bridgehead atoms. The van der Waals surface area contributed by atoms with Gasteiger partial charge in [-0.05, 0) is 44.7 Å². The zero-order chi connectivity index (χ0) is 15.0. The summed E-state index contributed by atoms with van der Waals surface area (Å²) in [4.78, 5) is 12.1. The van der Waals surface area contributed by atoms with E-state index >= 15 is 0 Å². The van der Waals surface area contributed by atoms with Crippen LogP contribution in [0.5, 0.6) is 0 Å². The predicted molar refractivity (Wildman–Crippen MR) is 87.8 cm³/mol. The van der Waals surface area contributed by atoms with E-state index in [4.69, 9.17) is 5.73 Å². The van der Waals surface area contributed by atoms with Crippen LogP contribution in [0.25, 0.3) is 21.8 Å². The number of hydrogen-bond acceptors (Lipinski definition) is 2. The van der Waals surface area contributed by atoms with Crippen molar-refractivity contribution in [2.45, 2.75) is 26.3 Å². The van der Waals surface area contributed by atoms with Gasteiger partial charge in [0, 0.05) is 39.8 Å². The van der Waals surface area contributed by atoms with Gasteiger partial charge >= 0.3 is 0 Å². The van der Waals surface area contributed by atoms with Gasteiger partial charge in [-0.25, -0.2) is 0 Å². The van der Waals surface area contributed by atoms with E-state index in [0.29, 0.717) is 19.0 Å². The normalized spacial score (nSPS) is 11.6. The number of carbonyl (C=O) groups is 1. The van der Waals surface area contributed by atoms with Crippen molar-refractivity contribution >= 4 is 27.6 Å². The number of nitrogens with two attached hydrogens (primary N) is 1. The first-order valence-electron chi connectivity index (χ1n) is 7.39. The molecule has 108 valence electrons. The highest BCUT2D eigenvalue weighted by Gasteiger charge is 2.14. The molecular weight excluding hydrogens is 260 g/mol. The molecule has 0 fully saturated rings. The Kier molecular flexibility index (Phi) is 3.52. The van der Waals surface area contributed by atoms with Crippen LogP contribution in [0, 0.1) is 0 Å². The van der Waals surface area contributed by atoms with E-state index in [2.05, 4.69) is 42.7 Å². The van der Waals surface area contributed by atoms with Crippen molar-refractivity contribution in [3.05, 3.63) is 48.0 Å². The summed E-state index contributed by atoms with van der Waals surface area (Å²) in [6, 6.07) is 14.7. The van der Waals surface area contributed by atoms with Gasteiger partial charge in [-0.1, -0.05) is 18.2 Å². The van der Waals surface area contributed by atoms with E-state index in [1.54, 1.807) is 0 Å².